The molecule has 2 aromatic carbocycles. The van der Waals surface area contributed by atoms with Gasteiger partial charge < -0.3 is 15.3 Å². The van der Waals surface area contributed by atoms with Gasteiger partial charge in [0.25, 0.3) is 5.91 Å². The molecule has 166 valence electrons. The molecule has 7 heteroatoms. The Morgan fingerprint density at radius 1 is 1.09 bits per heavy atom. The third-order valence-electron chi connectivity index (χ3n) is 5.87. The van der Waals surface area contributed by atoms with Crippen LogP contribution in [0.25, 0.3) is 0 Å². The third kappa shape index (κ3) is 5.11. The van der Waals surface area contributed by atoms with Gasteiger partial charge in [0, 0.05) is 37.1 Å². The Bertz CT molecular complexity index is 1070. The van der Waals surface area contributed by atoms with E-state index in [0.717, 1.165) is 29.4 Å². The molecule has 1 aliphatic rings. The van der Waals surface area contributed by atoms with Crippen molar-refractivity contribution in [2.45, 2.75) is 25.5 Å². The number of rotatable bonds is 6. The molecule has 1 saturated heterocycles. The number of hydrogen-bond acceptors (Lipinski definition) is 4. The van der Waals surface area contributed by atoms with Gasteiger partial charge in [0.1, 0.15) is 17.3 Å². The molecule has 0 saturated carbocycles. The van der Waals surface area contributed by atoms with E-state index in [1.807, 2.05) is 36.4 Å². The number of nitrogens with zero attached hydrogens (tertiary/aromatic N) is 2. The van der Waals surface area contributed by atoms with Gasteiger partial charge in [-0.05, 0) is 54.7 Å². The summed E-state index contributed by atoms with van der Waals surface area (Å²) in [6.45, 7) is 1.47. The minimum Gasteiger partial charge on any atom is -0.388 e. The molecular weight excluding hydrogens is 412 g/mol. The van der Waals surface area contributed by atoms with Gasteiger partial charge in [-0.15, -0.1) is 0 Å². The number of piperidine rings is 1. The summed E-state index contributed by atoms with van der Waals surface area (Å²) in [5.41, 5.74) is 2.25. The highest BCUT2D eigenvalue weighted by atomic mass is 19.1. The average Bonchev–Trinajstić information content (AvgIpc) is 2.84. The summed E-state index contributed by atoms with van der Waals surface area (Å²) in [5.74, 6) is -1.64. The van der Waals surface area contributed by atoms with Gasteiger partial charge >= 0.3 is 0 Å². The van der Waals surface area contributed by atoms with Crippen LogP contribution in [0.4, 0.5) is 14.5 Å². The van der Waals surface area contributed by atoms with Crippen LogP contribution >= 0.6 is 0 Å². The highest BCUT2D eigenvalue weighted by molar-refractivity contribution is 5.93. The molecule has 4 rings (SSSR count). The number of pyridine rings is 1. The maximum atomic E-state index is 14.0. The van der Waals surface area contributed by atoms with Gasteiger partial charge in [0.15, 0.2) is 0 Å². The summed E-state index contributed by atoms with van der Waals surface area (Å²) >= 11 is 0. The second kappa shape index (κ2) is 9.87. The molecule has 0 aliphatic carbocycles. The summed E-state index contributed by atoms with van der Waals surface area (Å²) in [6, 6.07) is 16.6. The summed E-state index contributed by atoms with van der Waals surface area (Å²) in [7, 11) is 0. The van der Waals surface area contributed by atoms with Crippen molar-refractivity contribution in [2.24, 2.45) is 5.92 Å². The van der Waals surface area contributed by atoms with Crippen LogP contribution < -0.4 is 5.32 Å². The predicted octanol–water partition coefficient (Wildman–Crippen LogP) is 4.56. The summed E-state index contributed by atoms with van der Waals surface area (Å²) in [5, 5.41) is 13.9. The lowest BCUT2D eigenvalue weighted by molar-refractivity contribution is 0.0445. The topological polar surface area (TPSA) is 65.5 Å². The van der Waals surface area contributed by atoms with Gasteiger partial charge in [0.2, 0.25) is 0 Å². The summed E-state index contributed by atoms with van der Waals surface area (Å²) < 4.78 is 27.5. The molecule has 1 unspecified atom stereocenters. The van der Waals surface area contributed by atoms with Gasteiger partial charge in [0.05, 0.1) is 6.10 Å². The standard InChI is InChI=1S/C25H25F2N3O2/c26-19-6-7-22(27)21(14-19)24(31)18-9-12-30(13-10-18)25(32)23-15-20(8-11-28-23)29-16-17-4-2-1-3-5-17/h1-8,11,14-15,18,24,31H,9-10,12-13,16H2,(H,28,29). The number of aliphatic hydroxyl groups is 1. The number of carbonyl (C=O) groups is 1. The Kier molecular flexibility index (Phi) is 6.75. The van der Waals surface area contributed by atoms with Crippen LogP contribution in [0.5, 0.6) is 0 Å². The molecule has 0 radical (unpaired) electrons. The maximum absolute atomic E-state index is 14.0. The number of aromatic nitrogens is 1. The van der Waals surface area contributed by atoms with Crippen molar-refractivity contribution in [1.29, 1.82) is 0 Å². The third-order valence-corrected chi connectivity index (χ3v) is 5.87. The zero-order valence-corrected chi connectivity index (χ0v) is 17.5. The van der Waals surface area contributed by atoms with Gasteiger partial charge in [-0.1, -0.05) is 30.3 Å². The first-order valence-corrected chi connectivity index (χ1v) is 10.7. The number of carbonyl (C=O) groups excluding carboxylic acids is 1. The molecule has 3 aromatic rings. The Morgan fingerprint density at radius 2 is 1.84 bits per heavy atom. The van der Waals surface area contributed by atoms with Crippen LogP contribution in [0, 0.1) is 17.6 Å². The van der Waals surface area contributed by atoms with E-state index in [0.29, 0.717) is 38.2 Å². The highest BCUT2D eigenvalue weighted by Crippen LogP contribution is 2.32. The first-order chi connectivity index (χ1) is 15.5. The molecule has 5 nitrogen and oxygen atoms in total. The number of hydrogen-bond donors (Lipinski definition) is 2. The zero-order valence-electron chi connectivity index (χ0n) is 17.5. The number of nitrogens with one attached hydrogen (secondary N) is 1. The number of aliphatic hydroxyl groups excluding tert-OH is 1. The minimum atomic E-state index is -1.11. The molecule has 1 amide bonds. The molecule has 1 atom stereocenters. The molecule has 32 heavy (non-hydrogen) atoms. The lowest BCUT2D eigenvalue weighted by Gasteiger charge is -2.34. The summed E-state index contributed by atoms with van der Waals surface area (Å²) in [4.78, 5) is 18.8. The molecular formula is C25H25F2N3O2. The van der Waals surface area contributed by atoms with Crippen molar-refractivity contribution >= 4 is 11.6 Å². The van der Waals surface area contributed by atoms with Crippen molar-refractivity contribution in [3.8, 4) is 0 Å². The largest absolute Gasteiger partial charge is 0.388 e. The molecule has 2 heterocycles. The molecule has 2 N–H and O–H groups in total. The Balaban J connectivity index is 1.35. The highest BCUT2D eigenvalue weighted by Gasteiger charge is 2.30. The maximum Gasteiger partial charge on any atom is 0.272 e. The van der Waals surface area contributed by atoms with E-state index in [2.05, 4.69) is 10.3 Å². The van der Waals surface area contributed by atoms with Crippen LogP contribution in [0.3, 0.4) is 0 Å². The van der Waals surface area contributed by atoms with E-state index in [9.17, 15) is 18.7 Å². The predicted molar refractivity (Wildman–Crippen MR) is 118 cm³/mol. The lowest BCUT2D eigenvalue weighted by atomic mass is 9.87. The fourth-order valence-corrected chi connectivity index (χ4v) is 4.03. The molecule has 1 fully saturated rings. The number of amides is 1. The quantitative estimate of drug-likeness (QED) is 0.594. The van der Waals surface area contributed by atoms with E-state index in [4.69, 9.17) is 0 Å². The number of benzene rings is 2. The monoisotopic (exact) mass is 437 g/mol. The Morgan fingerprint density at radius 3 is 2.59 bits per heavy atom. The summed E-state index contributed by atoms with van der Waals surface area (Å²) in [6.07, 6.45) is 1.49. The van der Waals surface area contributed by atoms with Crippen molar-refractivity contribution < 1.29 is 18.7 Å². The molecule has 0 spiro atoms. The van der Waals surface area contributed by atoms with Crippen LogP contribution in [-0.4, -0.2) is 34.0 Å². The van der Waals surface area contributed by atoms with Crippen molar-refractivity contribution in [3.63, 3.8) is 0 Å². The number of halogens is 2. The van der Waals surface area contributed by atoms with Gasteiger partial charge in [-0.3, -0.25) is 9.78 Å². The first kappa shape index (κ1) is 21.9. The van der Waals surface area contributed by atoms with Gasteiger partial charge in [-0.25, -0.2) is 8.78 Å². The normalized spacial score (nSPS) is 15.4. The zero-order chi connectivity index (χ0) is 22.5. The van der Waals surface area contributed by atoms with Crippen LogP contribution in [0.15, 0.2) is 66.9 Å². The molecule has 0 bridgehead atoms. The van der Waals surface area contributed by atoms with E-state index in [-0.39, 0.29) is 17.4 Å². The Hall–Kier alpha value is -3.32. The van der Waals surface area contributed by atoms with Crippen LogP contribution in [0.2, 0.25) is 0 Å². The average molecular weight is 437 g/mol. The molecule has 1 aromatic heterocycles. The van der Waals surface area contributed by atoms with Crippen LogP contribution in [0.1, 0.15) is 40.6 Å². The smallest absolute Gasteiger partial charge is 0.272 e. The SMILES string of the molecule is O=C(c1cc(NCc2ccccc2)ccn1)N1CCC(C(O)c2cc(F)ccc2F)CC1. The number of anilines is 1. The second-order valence-electron chi connectivity index (χ2n) is 8.01. The van der Waals surface area contributed by atoms with E-state index >= 15 is 0 Å². The fourth-order valence-electron chi connectivity index (χ4n) is 4.03. The van der Waals surface area contributed by atoms with Crippen molar-refractivity contribution in [1.82, 2.24) is 9.88 Å². The number of likely N-dealkylation sites (tertiary alicyclic amines) is 1. The van der Waals surface area contributed by atoms with E-state index < -0.39 is 17.7 Å². The van der Waals surface area contributed by atoms with Crippen molar-refractivity contribution in [2.75, 3.05) is 18.4 Å². The van der Waals surface area contributed by atoms with Gasteiger partial charge in [-0.2, -0.15) is 0 Å². The first-order valence-electron chi connectivity index (χ1n) is 10.7. The van der Waals surface area contributed by atoms with Crippen molar-refractivity contribution in [3.05, 3.63) is 95.3 Å². The van der Waals surface area contributed by atoms with E-state index in [1.165, 1.54) is 0 Å². The Labute approximate surface area is 185 Å². The minimum absolute atomic E-state index is 0.0337. The fraction of sp³-hybridized carbons (Fsp3) is 0.280. The second-order valence-corrected chi connectivity index (χ2v) is 8.01. The van der Waals surface area contributed by atoms with E-state index in [1.54, 1.807) is 17.2 Å². The molecule has 1 aliphatic heterocycles. The lowest BCUT2D eigenvalue weighted by Crippen LogP contribution is -2.40. The van der Waals surface area contributed by atoms with Crippen LogP contribution in [-0.2, 0) is 6.54 Å².